The van der Waals surface area contributed by atoms with Gasteiger partial charge in [0.05, 0.1) is 19.1 Å². The summed E-state index contributed by atoms with van der Waals surface area (Å²) in [5.41, 5.74) is 4.72. The molecule has 2 N–H and O–H groups in total. The molecule has 188 valence electrons. The molecule has 0 spiro atoms. The van der Waals surface area contributed by atoms with Crippen LogP contribution in [0.2, 0.25) is 0 Å². The van der Waals surface area contributed by atoms with Crippen LogP contribution < -0.4 is 10.1 Å². The predicted molar refractivity (Wildman–Crippen MR) is 135 cm³/mol. The molecule has 0 saturated carbocycles. The lowest BCUT2D eigenvalue weighted by atomic mass is 10.00. The second-order valence-electron chi connectivity index (χ2n) is 8.92. The number of hydrogen-bond acceptors (Lipinski definition) is 5. The van der Waals surface area contributed by atoms with E-state index in [1.165, 1.54) is 0 Å². The number of halogens is 1. The van der Waals surface area contributed by atoms with Gasteiger partial charge in [0, 0.05) is 22.2 Å². The monoisotopic (exact) mass is 502 g/mol. The minimum absolute atomic E-state index is 0.125. The van der Waals surface area contributed by atoms with Crippen molar-refractivity contribution in [1.29, 1.82) is 0 Å². The Morgan fingerprint density at radius 3 is 2.63 bits per heavy atom. The third-order valence-electron chi connectivity index (χ3n) is 5.52. The molecule has 35 heavy (non-hydrogen) atoms. The summed E-state index contributed by atoms with van der Waals surface area (Å²) >= 11 is 0. The Morgan fingerprint density at radius 1 is 1.09 bits per heavy atom. The van der Waals surface area contributed by atoms with Crippen molar-refractivity contribution in [2.24, 2.45) is 5.92 Å². The van der Waals surface area contributed by atoms with Crippen LogP contribution in [0.3, 0.4) is 0 Å². The number of benzene rings is 2. The van der Waals surface area contributed by atoms with E-state index < -0.39 is 8.25 Å². The number of furan rings is 1. The Labute approximate surface area is 207 Å². The van der Waals surface area contributed by atoms with E-state index in [9.17, 15) is 8.96 Å². The zero-order valence-electron chi connectivity index (χ0n) is 20.3. The van der Waals surface area contributed by atoms with Crippen molar-refractivity contribution >= 4 is 8.25 Å². The Balaban J connectivity index is 1.53. The van der Waals surface area contributed by atoms with E-state index in [-0.39, 0.29) is 12.4 Å². The van der Waals surface area contributed by atoms with Crippen LogP contribution in [0.25, 0.3) is 11.1 Å². The largest absolute Gasteiger partial charge is 0.694 e. The lowest BCUT2D eigenvalue weighted by molar-refractivity contribution is 0.276. The minimum atomic E-state index is -2.54. The van der Waals surface area contributed by atoms with Crippen LogP contribution in [0.15, 0.2) is 59.4 Å². The smallest absolute Gasteiger partial charge is 0.493 e. The Bertz CT molecular complexity index is 1070. The topological polar surface area (TPSA) is 80.9 Å². The molecule has 0 saturated heterocycles. The van der Waals surface area contributed by atoms with E-state index in [4.69, 9.17) is 14.0 Å². The van der Waals surface area contributed by atoms with Gasteiger partial charge in [-0.15, -0.1) is 9.42 Å². The number of hydrogen-bond donors (Lipinski definition) is 2. The van der Waals surface area contributed by atoms with Crippen LogP contribution in [-0.2, 0) is 28.5 Å². The molecule has 2 aromatic carbocycles. The summed E-state index contributed by atoms with van der Waals surface area (Å²) in [5.74, 6) is 1.07. The van der Waals surface area contributed by atoms with E-state index in [2.05, 4.69) is 29.8 Å². The van der Waals surface area contributed by atoms with Gasteiger partial charge in [0.1, 0.15) is 18.2 Å². The molecule has 0 aliphatic carbocycles. The van der Waals surface area contributed by atoms with Crippen molar-refractivity contribution in [1.82, 2.24) is 5.32 Å². The third-order valence-corrected chi connectivity index (χ3v) is 5.92. The zero-order valence-corrected chi connectivity index (χ0v) is 21.2. The average molecular weight is 503 g/mol. The van der Waals surface area contributed by atoms with Gasteiger partial charge >= 0.3 is 8.25 Å². The summed E-state index contributed by atoms with van der Waals surface area (Å²) in [4.78, 5) is 8.65. The SMILES string of the molecule is CC(C)Cc1ccc(CCCOc2ccc(CNCCCO[P+](=O)O)cc2-c2ccoc2)cc1F. The van der Waals surface area contributed by atoms with Crippen LogP contribution in [0.4, 0.5) is 4.39 Å². The highest BCUT2D eigenvalue weighted by Crippen LogP contribution is 2.32. The fraction of sp³-hybridized carbons (Fsp3) is 0.407. The number of nitrogens with one attached hydrogen (secondary N) is 1. The summed E-state index contributed by atoms with van der Waals surface area (Å²) in [5, 5.41) is 3.31. The number of ether oxygens (including phenoxy) is 1. The maximum Gasteiger partial charge on any atom is 0.694 e. The molecule has 0 radical (unpaired) electrons. The molecule has 8 heteroatoms. The molecule has 3 rings (SSSR count). The quantitative estimate of drug-likeness (QED) is 0.184. The lowest BCUT2D eigenvalue weighted by Crippen LogP contribution is -2.16. The van der Waals surface area contributed by atoms with Crippen LogP contribution >= 0.6 is 8.25 Å². The van der Waals surface area contributed by atoms with Gasteiger partial charge in [-0.25, -0.2) is 4.39 Å². The average Bonchev–Trinajstić information content (AvgIpc) is 3.35. The minimum Gasteiger partial charge on any atom is -0.493 e. The first-order chi connectivity index (χ1) is 16.9. The summed E-state index contributed by atoms with van der Waals surface area (Å²) in [6.07, 6.45) is 6.23. The van der Waals surface area contributed by atoms with Crippen molar-refractivity contribution in [2.45, 2.75) is 46.1 Å². The molecule has 1 unspecified atom stereocenters. The van der Waals surface area contributed by atoms with Crippen LogP contribution in [0.1, 0.15) is 43.4 Å². The van der Waals surface area contributed by atoms with Gasteiger partial charge < -0.3 is 14.5 Å². The molecule has 1 aromatic heterocycles. The fourth-order valence-electron chi connectivity index (χ4n) is 3.84. The molecule has 0 aliphatic heterocycles. The molecular formula is C27H34FNO5P+. The maximum atomic E-state index is 14.3. The first-order valence-corrected chi connectivity index (χ1v) is 13.1. The van der Waals surface area contributed by atoms with E-state index in [0.29, 0.717) is 32.0 Å². The van der Waals surface area contributed by atoms with E-state index in [1.54, 1.807) is 18.6 Å². The Kier molecular flexibility index (Phi) is 10.9. The van der Waals surface area contributed by atoms with Crippen molar-refractivity contribution in [2.75, 3.05) is 19.8 Å². The highest BCUT2D eigenvalue weighted by Gasteiger charge is 2.12. The van der Waals surface area contributed by atoms with E-state index in [1.807, 2.05) is 30.3 Å². The van der Waals surface area contributed by atoms with Gasteiger partial charge in [0.2, 0.25) is 0 Å². The summed E-state index contributed by atoms with van der Waals surface area (Å²) in [6.45, 7) is 6.25. The van der Waals surface area contributed by atoms with Gasteiger partial charge in [0.15, 0.2) is 0 Å². The van der Waals surface area contributed by atoms with Gasteiger partial charge in [-0.3, -0.25) is 0 Å². The fourth-order valence-corrected chi connectivity index (χ4v) is 4.12. The number of rotatable bonds is 15. The summed E-state index contributed by atoms with van der Waals surface area (Å²) in [6, 6.07) is 13.5. The molecular weight excluding hydrogens is 468 g/mol. The van der Waals surface area contributed by atoms with Gasteiger partial charge in [-0.05, 0) is 79.1 Å². The number of aryl methyl sites for hydroxylation is 1. The first-order valence-electron chi connectivity index (χ1n) is 12.0. The molecule has 0 bridgehead atoms. The van der Waals surface area contributed by atoms with Gasteiger partial charge in [-0.2, -0.15) is 0 Å². The van der Waals surface area contributed by atoms with E-state index in [0.717, 1.165) is 52.8 Å². The van der Waals surface area contributed by atoms with Crippen LogP contribution in [0.5, 0.6) is 5.75 Å². The van der Waals surface area contributed by atoms with Crippen LogP contribution in [0, 0.1) is 11.7 Å². The normalized spacial score (nSPS) is 11.7. The van der Waals surface area contributed by atoms with Gasteiger partial charge in [-0.1, -0.05) is 32.0 Å². The van der Waals surface area contributed by atoms with Crippen LogP contribution in [-0.4, -0.2) is 24.7 Å². The molecule has 0 fully saturated rings. The molecule has 1 atom stereocenters. The summed E-state index contributed by atoms with van der Waals surface area (Å²) in [7, 11) is -2.54. The molecule has 3 aromatic rings. The van der Waals surface area contributed by atoms with Crippen molar-refractivity contribution in [3.8, 4) is 16.9 Å². The zero-order chi connectivity index (χ0) is 25.0. The lowest BCUT2D eigenvalue weighted by Gasteiger charge is -2.13. The van der Waals surface area contributed by atoms with E-state index >= 15 is 0 Å². The Hall–Kier alpha value is -2.57. The van der Waals surface area contributed by atoms with Crippen molar-refractivity contribution < 1.29 is 27.5 Å². The second-order valence-corrected chi connectivity index (χ2v) is 9.65. The van der Waals surface area contributed by atoms with Gasteiger partial charge in [0.25, 0.3) is 0 Å². The van der Waals surface area contributed by atoms with Crippen molar-refractivity contribution in [3.63, 3.8) is 0 Å². The van der Waals surface area contributed by atoms with Crippen molar-refractivity contribution in [3.05, 3.63) is 77.5 Å². The third kappa shape index (κ3) is 9.19. The molecule has 0 aliphatic rings. The molecule has 6 nitrogen and oxygen atoms in total. The standard InChI is InChI=1S/C27H33FNO5P/c1-20(2)15-23-8-6-21(17-26(23)28)5-3-12-33-27-9-7-22(16-25(27)24-10-14-32-19-24)18-29-11-4-13-34-35(30)31/h6-10,14,16-17,19-20,29H,3-5,11-13,15,18H2,1-2H3/p+1. The second kappa shape index (κ2) is 14.1. The molecule has 0 amide bonds. The molecule has 1 heterocycles. The first kappa shape index (κ1) is 27.0. The highest BCUT2D eigenvalue weighted by atomic mass is 31.1. The summed E-state index contributed by atoms with van der Waals surface area (Å²) < 4.78 is 40.9. The Morgan fingerprint density at radius 2 is 1.91 bits per heavy atom. The predicted octanol–water partition coefficient (Wildman–Crippen LogP) is 6.44. The highest BCUT2D eigenvalue weighted by molar-refractivity contribution is 7.32. The maximum absolute atomic E-state index is 14.3.